The lowest BCUT2D eigenvalue weighted by Crippen LogP contribution is -2.44. The quantitative estimate of drug-likeness (QED) is 0.743. The third-order valence-corrected chi connectivity index (χ3v) is 2.20. The van der Waals surface area contributed by atoms with Crippen LogP contribution in [0.5, 0.6) is 0 Å². The minimum Gasteiger partial charge on any atom is -0.381 e. The van der Waals surface area contributed by atoms with Gasteiger partial charge >= 0.3 is 0 Å². The molecular formula is C9H17N5O. The Balaban J connectivity index is 2.50. The van der Waals surface area contributed by atoms with Crippen LogP contribution in [-0.2, 0) is 11.3 Å². The number of rotatable bonds is 4. The van der Waals surface area contributed by atoms with Gasteiger partial charge in [-0.3, -0.25) is 4.79 Å². The lowest BCUT2D eigenvalue weighted by Gasteiger charge is -2.24. The van der Waals surface area contributed by atoms with Gasteiger partial charge in [-0.05, 0) is 20.3 Å². The number of nitrogens with two attached hydrogens (primary N) is 1. The van der Waals surface area contributed by atoms with Crippen molar-refractivity contribution in [3.8, 4) is 0 Å². The molecule has 1 amide bonds. The largest absolute Gasteiger partial charge is 0.381 e. The summed E-state index contributed by atoms with van der Waals surface area (Å²) in [7, 11) is 0. The molecule has 1 rings (SSSR count). The van der Waals surface area contributed by atoms with Crippen LogP contribution in [0, 0.1) is 0 Å². The highest BCUT2D eigenvalue weighted by atomic mass is 16.2. The van der Waals surface area contributed by atoms with Gasteiger partial charge in [-0.25, -0.2) is 0 Å². The number of hydrogen-bond acceptors (Lipinski definition) is 4. The summed E-state index contributed by atoms with van der Waals surface area (Å²) in [5.74, 6) is 0.204. The van der Waals surface area contributed by atoms with Gasteiger partial charge in [0.1, 0.15) is 6.54 Å². The molecule has 1 aromatic heterocycles. The minimum absolute atomic E-state index is 0.0978. The molecule has 6 heteroatoms. The van der Waals surface area contributed by atoms with Crippen LogP contribution in [-0.4, -0.2) is 26.4 Å². The van der Waals surface area contributed by atoms with Gasteiger partial charge in [-0.2, -0.15) is 9.90 Å². The first-order valence-corrected chi connectivity index (χ1v) is 4.89. The Kier molecular flexibility index (Phi) is 3.28. The van der Waals surface area contributed by atoms with E-state index in [4.69, 9.17) is 5.73 Å². The molecule has 0 saturated heterocycles. The van der Waals surface area contributed by atoms with Gasteiger partial charge in [0.15, 0.2) is 5.82 Å². The van der Waals surface area contributed by atoms with Gasteiger partial charge in [-0.15, -0.1) is 5.10 Å². The maximum absolute atomic E-state index is 11.5. The van der Waals surface area contributed by atoms with Gasteiger partial charge in [0.25, 0.3) is 0 Å². The Morgan fingerprint density at radius 1 is 1.67 bits per heavy atom. The number of aromatic nitrogens is 3. The fourth-order valence-electron chi connectivity index (χ4n) is 1.02. The summed E-state index contributed by atoms with van der Waals surface area (Å²) in [6.07, 6.45) is 2.28. The van der Waals surface area contributed by atoms with E-state index in [9.17, 15) is 4.79 Å². The Labute approximate surface area is 88.8 Å². The number of anilines is 1. The maximum atomic E-state index is 11.5. The SMILES string of the molecule is CCC(C)(C)NC(=O)Cn1ncc(N)n1. The number of nitrogen functional groups attached to an aromatic ring is 1. The molecule has 0 aliphatic carbocycles. The molecular weight excluding hydrogens is 194 g/mol. The van der Waals surface area contributed by atoms with Gasteiger partial charge in [0, 0.05) is 5.54 Å². The molecule has 0 saturated carbocycles. The highest BCUT2D eigenvalue weighted by Crippen LogP contribution is 2.06. The molecule has 0 bridgehead atoms. The second kappa shape index (κ2) is 4.29. The number of carbonyl (C=O) groups excluding carboxylic acids is 1. The first-order valence-electron chi connectivity index (χ1n) is 4.89. The predicted molar refractivity (Wildman–Crippen MR) is 56.9 cm³/mol. The summed E-state index contributed by atoms with van der Waals surface area (Å²) >= 11 is 0. The van der Waals surface area contributed by atoms with Gasteiger partial charge in [0.2, 0.25) is 5.91 Å². The van der Waals surface area contributed by atoms with Crippen molar-refractivity contribution in [2.75, 3.05) is 5.73 Å². The second-order valence-electron chi connectivity index (χ2n) is 4.09. The lowest BCUT2D eigenvalue weighted by atomic mass is 10.0. The van der Waals surface area contributed by atoms with Crippen LogP contribution >= 0.6 is 0 Å². The Morgan fingerprint density at radius 3 is 2.80 bits per heavy atom. The van der Waals surface area contributed by atoms with Gasteiger partial charge in [0.05, 0.1) is 6.20 Å². The summed E-state index contributed by atoms with van der Waals surface area (Å²) in [6.45, 7) is 6.05. The van der Waals surface area contributed by atoms with Crippen LogP contribution < -0.4 is 11.1 Å². The first-order chi connectivity index (χ1) is 6.93. The van der Waals surface area contributed by atoms with Crippen LogP contribution in [0.4, 0.5) is 5.82 Å². The highest BCUT2D eigenvalue weighted by molar-refractivity contribution is 5.76. The van der Waals surface area contributed by atoms with E-state index in [1.165, 1.54) is 11.0 Å². The molecule has 15 heavy (non-hydrogen) atoms. The van der Waals surface area contributed by atoms with Crippen LogP contribution in [0.2, 0.25) is 0 Å². The van der Waals surface area contributed by atoms with E-state index in [1.54, 1.807) is 0 Å². The molecule has 0 unspecified atom stereocenters. The molecule has 6 nitrogen and oxygen atoms in total. The van der Waals surface area contributed by atoms with Crippen molar-refractivity contribution in [1.29, 1.82) is 0 Å². The third-order valence-electron chi connectivity index (χ3n) is 2.20. The zero-order valence-electron chi connectivity index (χ0n) is 9.32. The van der Waals surface area contributed by atoms with Crippen molar-refractivity contribution in [3.63, 3.8) is 0 Å². The normalized spacial score (nSPS) is 11.4. The van der Waals surface area contributed by atoms with Crippen molar-refractivity contribution < 1.29 is 4.79 Å². The Morgan fingerprint density at radius 2 is 2.33 bits per heavy atom. The van der Waals surface area contributed by atoms with Crippen molar-refractivity contribution in [3.05, 3.63) is 6.20 Å². The smallest absolute Gasteiger partial charge is 0.244 e. The van der Waals surface area contributed by atoms with E-state index in [0.717, 1.165) is 6.42 Å². The molecule has 3 N–H and O–H groups in total. The molecule has 0 fully saturated rings. The molecule has 84 valence electrons. The summed E-state index contributed by atoms with van der Waals surface area (Å²) in [5.41, 5.74) is 5.18. The van der Waals surface area contributed by atoms with Gasteiger partial charge in [-0.1, -0.05) is 6.92 Å². The number of amides is 1. The molecule has 0 aliphatic heterocycles. The molecule has 0 aromatic carbocycles. The summed E-state index contributed by atoms with van der Waals surface area (Å²) in [5, 5.41) is 10.5. The standard InChI is InChI=1S/C9H17N5O/c1-4-9(2,3)12-8(15)6-14-11-5-7(10)13-14/h5H,4,6H2,1-3H3,(H2,10,13)(H,12,15). The van der Waals surface area contributed by atoms with E-state index in [-0.39, 0.29) is 18.0 Å². The van der Waals surface area contributed by atoms with Crippen LogP contribution in [0.1, 0.15) is 27.2 Å². The van der Waals surface area contributed by atoms with Crippen LogP contribution in [0.15, 0.2) is 6.20 Å². The molecule has 0 aliphatic rings. The molecule has 0 atom stereocenters. The lowest BCUT2D eigenvalue weighted by molar-refractivity contribution is -0.123. The molecule has 1 heterocycles. The summed E-state index contributed by atoms with van der Waals surface area (Å²) in [6, 6.07) is 0. The van der Waals surface area contributed by atoms with Crippen molar-refractivity contribution in [2.24, 2.45) is 0 Å². The third kappa shape index (κ3) is 3.57. The topological polar surface area (TPSA) is 85.8 Å². The fourth-order valence-corrected chi connectivity index (χ4v) is 1.02. The Bertz CT molecular complexity index is 344. The van der Waals surface area contributed by atoms with Crippen molar-refractivity contribution in [1.82, 2.24) is 20.3 Å². The van der Waals surface area contributed by atoms with E-state index in [1.807, 2.05) is 20.8 Å². The zero-order valence-corrected chi connectivity index (χ0v) is 9.32. The zero-order chi connectivity index (χ0) is 11.5. The van der Waals surface area contributed by atoms with E-state index < -0.39 is 0 Å². The van der Waals surface area contributed by atoms with Crippen LogP contribution in [0.3, 0.4) is 0 Å². The fraction of sp³-hybridized carbons (Fsp3) is 0.667. The number of nitrogens with zero attached hydrogens (tertiary/aromatic N) is 3. The average molecular weight is 211 g/mol. The van der Waals surface area contributed by atoms with Gasteiger partial charge < -0.3 is 11.1 Å². The van der Waals surface area contributed by atoms with Crippen molar-refractivity contribution >= 4 is 11.7 Å². The summed E-state index contributed by atoms with van der Waals surface area (Å²) < 4.78 is 0. The molecule has 0 radical (unpaired) electrons. The number of hydrogen-bond donors (Lipinski definition) is 2. The Hall–Kier alpha value is -1.59. The number of carbonyl (C=O) groups is 1. The first kappa shape index (κ1) is 11.5. The second-order valence-corrected chi connectivity index (χ2v) is 4.09. The van der Waals surface area contributed by atoms with E-state index >= 15 is 0 Å². The van der Waals surface area contributed by atoms with E-state index in [0.29, 0.717) is 5.82 Å². The summed E-state index contributed by atoms with van der Waals surface area (Å²) in [4.78, 5) is 12.8. The van der Waals surface area contributed by atoms with Crippen LogP contribution in [0.25, 0.3) is 0 Å². The van der Waals surface area contributed by atoms with Crippen molar-refractivity contribution in [2.45, 2.75) is 39.3 Å². The minimum atomic E-state index is -0.199. The predicted octanol–water partition coefficient (Wildman–Crippen LogP) is 0.165. The highest BCUT2D eigenvalue weighted by Gasteiger charge is 2.18. The maximum Gasteiger partial charge on any atom is 0.244 e. The molecule has 0 spiro atoms. The van der Waals surface area contributed by atoms with E-state index in [2.05, 4.69) is 15.5 Å². The average Bonchev–Trinajstić information content (AvgIpc) is 2.50. The number of nitrogens with one attached hydrogen (secondary N) is 1. The molecule has 1 aromatic rings. The monoisotopic (exact) mass is 211 g/mol.